The minimum atomic E-state index is -3.77. The van der Waals surface area contributed by atoms with Crippen molar-refractivity contribution in [1.29, 1.82) is 0 Å². The van der Waals surface area contributed by atoms with Crippen molar-refractivity contribution in [3.8, 4) is 0 Å². The molecule has 0 amide bonds. The first-order valence-electron chi connectivity index (χ1n) is 6.93. The van der Waals surface area contributed by atoms with Crippen LogP contribution >= 0.6 is 0 Å². The van der Waals surface area contributed by atoms with E-state index in [0.717, 1.165) is 12.8 Å². The largest absolute Gasteiger partial charge is 0.381 e. The zero-order valence-corrected chi connectivity index (χ0v) is 12.9. The van der Waals surface area contributed by atoms with E-state index >= 15 is 0 Å². The molecule has 1 aliphatic rings. The number of benzene rings is 1. The van der Waals surface area contributed by atoms with Gasteiger partial charge >= 0.3 is 0 Å². The Morgan fingerprint density at radius 1 is 1.38 bits per heavy atom. The normalized spacial score (nSPS) is 18.6. The van der Waals surface area contributed by atoms with Crippen LogP contribution in [-0.2, 0) is 21.3 Å². The van der Waals surface area contributed by atoms with E-state index in [0.29, 0.717) is 19.8 Å². The Kier molecular flexibility index (Phi) is 4.98. The summed E-state index contributed by atoms with van der Waals surface area (Å²) in [5, 5.41) is 0. The molecule has 7 heteroatoms. The van der Waals surface area contributed by atoms with E-state index in [-0.39, 0.29) is 22.4 Å². The lowest BCUT2D eigenvalue weighted by molar-refractivity contribution is 0.0264. The molecule has 3 N–H and O–H groups in total. The molecule has 0 radical (unpaired) electrons. The van der Waals surface area contributed by atoms with Gasteiger partial charge in [0.05, 0.1) is 4.90 Å². The SMILES string of the molecule is CC1(CNS(=O)(=O)c2cccc(F)c2CN)CCOCC1. The van der Waals surface area contributed by atoms with Crippen LogP contribution in [0.15, 0.2) is 23.1 Å². The van der Waals surface area contributed by atoms with Crippen LogP contribution in [0.4, 0.5) is 4.39 Å². The minimum Gasteiger partial charge on any atom is -0.381 e. The molecule has 21 heavy (non-hydrogen) atoms. The van der Waals surface area contributed by atoms with E-state index < -0.39 is 15.8 Å². The summed E-state index contributed by atoms with van der Waals surface area (Å²) in [6.45, 7) is 3.43. The summed E-state index contributed by atoms with van der Waals surface area (Å²) in [7, 11) is -3.77. The van der Waals surface area contributed by atoms with Crippen molar-refractivity contribution in [3.05, 3.63) is 29.6 Å². The monoisotopic (exact) mass is 316 g/mol. The quantitative estimate of drug-likeness (QED) is 0.860. The molecule has 0 bridgehead atoms. The Labute approximate surface area is 124 Å². The third kappa shape index (κ3) is 3.79. The molecule has 1 saturated heterocycles. The standard InChI is InChI=1S/C14H21FN2O3S/c1-14(5-7-20-8-6-14)10-17-21(18,19)13-4-2-3-12(15)11(13)9-16/h2-4,17H,5-10,16H2,1H3. The molecule has 0 aliphatic carbocycles. The van der Waals surface area contributed by atoms with Crippen LogP contribution in [0.5, 0.6) is 0 Å². The summed E-state index contributed by atoms with van der Waals surface area (Å²) in [5.74, 6) is -0.599. The van der Waals surface area contributed by atoms with E-state index in [1.54, 1.807) is 0 Å². The minimum absolute atomic E-state index is 0.0159. The van der Waals surface area contributed by atoms with Crippen molar-refractivity contribution < 1.29 is 17.5 Å². The number of ether oxygens (including phenoxy) is 1. The average Bonchev–Trinajstić information content (AvgIpc) is 2.46. The molecular formula is C14H21FN2O3S. The van der Waals surface area contributed by atoms with Crippen LogP contribution in [0.3, 0.4) is 0 Å². The number of sulfonamides is 1. The molecule has 0 saturated carbocycles. The van der Waals surface area contributed by atoms with Crippen molar-refractivity contribution in [3.63, 3.8) is 0 Å². The number of halogens is 1. The fourth-order valence-corrected chi connectivity index (χ4v) is 3.83. The topological polar surface area (TPSA) is 81.4 Å². The molecule has 1 aromatic carbocycles. The third-order valence-electron chi connectivity index (χ3n) is 3.96. The second-order valence-electron chi connectivity index (χ2n) is 5.67. The zero-order chi connectivity index (χ0) is 15.5. The molecule has 5 nitrogen and oxygen atoms in total. The second kappa shape index (κ2) is 6.39. The molecule has 0 spiro atoms. The maximum atomic E-state index is 13.7. The summed E-state index contributed by atoms with van der Waals surface area (Å²) in [6, 6.07) is 3.96. The molecule has 1 heterocycles. The van der Waals surface area contributed by atoms with Crippen molar-refractivity contribution in [2.24, 2.45) is 11.1 Å². The Hall–Kier alpha value is -1.02. The van der Waals surface area contributed by atoms with Gasteiger partial charge in [0.25, 0.3) is 0 Å². The summed E-state index contributed by atoms with van der Waals surface area (Å²) >= 11 is 0. The fraction of sp³-hybridized carbons (Fsp3) is 0.571. The summed E-state index contributed by atoms with van der Waals surface area (Å²) in [6.07, 6.45) is 1.59. The lowest BCUT2D eigenvalue weighted by Gasteiger charge is -2.33. The maximum Gasteiger partial charge on any atom is 0.241 e. The van der Waals surface area contributed by atoms with Crippen LogP contribution < -0.4 is 10.5 Å². The van der Waals surface area contributed by atoms with Gasteiger partial charge in [0.15, 0.2) is 0 Å². The van der Waals surface area contributed by atoms with E-state index in [9.17, 15) is 12.8 Å². The van der Waals surface area contributed by atoms with Crippen LogP contribution in [-0.4, -0.2) is 28.2 Å². The van der Waals surface area contributed by atoms with E-state index in [1.165, 1.54) is 18.2 Å². The second-order valence-corrected chi connectivity index (χ2v) is 7.40. The Bertz CT molecular complexity index is 598. The fourth-order valence-electron chi connectivity index (χ4n) is 2.38. The van der Waals surface area contributed by atoms with Crippen LogP contribution in [0, 0.1) is 11.2 Å². The molecule has 0 atom stereocenters. The van der Waals surface area contributed by atoms with E-state index in [4.69, 9.17) is 10.5 Å². The van der Waals surface area contributed by atoms with Gasteiger partial charge in [0.2, 0.25) is 10.0 Å². The molecule has 1 fully saturated rings. The summed E-state index contributed by atoms with van der Waals surface area (Å²) in [5.41, 5.74) is 5.34. The van der Waals surface area contributed by atoms with E-state index in [2.05, 4.69) is 4.72 Å². The summed E-state index contributed by atoms with van der Waals surface area (Å²) < 4.78 is 46.3. The van der Waals surface area contributed by atoms with Gasteiger partial charge in [-0.05, 0) is 30.4 Å². The summed E-state index contributed by atoms with van der Waals surface area (Å²) in [4.78, 5) is -0.0827. The van der Waals surface area contributed by atoms with Crippen molar-refractivity contribution >= 4 is 10.0 Å². The first kappa shape index (κ1) is 16.4. The van der Waals surface area contributed by atoms with Crippen molar-refractivity contribution in [2.45, 2.75) is 31.2 Å². The van der Waals surface area contributed by atoms with Gasteiger partial charge in [-0.25, -0.2) is 17.5 Å². The number of nitrogens with one attached hydrogen (secondary N) is 1. The lowest BCUT2D eigenvalue weighted by Crippen LogP contribution is -2.39. The predicted molar refractivity (Wildman–Crippen MR) is 77.6 cm³/mol. The molecule has 0 aromatic heterocycles. The number of hydrogen-bond donors (Lipinski definition) is 2. The van der Waals surface area contributed by atoms with Gasteiger partial charge in [-0.2, -0.15) is 0 Å². The van der Waals surface area contributed by atoms with Gasteiger partial charge in [0.1, 0.15) is 5.82 Å². The Balaban J connectivity index is 2.17. The number of hydrogen-bond acceptors (Lipinski definition) is 4. The highest BCUT2D eigenvalue weighted by atomic mass is 32.2. The average molecular weight is 316 g/mol. The lowest BCUT2D eigenvalue weighted by atomic mass is 9.83. The smallest absolute Gasteiger partial charge is 0.241 e. The first-order valence-corrected chi connectivity index (χ1v) is 8.41. The predicted octanol–water partition coefficient (Wildman–Crippen LogP) is 1.38. The molecule has 1 aliphatic heterocycles. The van der Waals surface area contributed by atoms with Crippen molar-refractivity contribution in [1.82, 2.24) is 4.72 Å². The van der Waals surface area contributed by atoms with E-state index in [1.807, 2.05) is 6.92 Å². The molecule has 2 rings (SSSR count). The first-order chi connectivity index (χ1) is 9.88. The van der Waals surface area contributed by atoms with Gasteiger partial charge in [-0.3, -0.25) is 0 Å². The Morgan fingerprint density at radius 3 is 2.67 bits per heavy atom. The van der Waals surface area contributed by atoms with Gasteiger partial charge in [-0.1, -0.05) is 13.0 Å². The highest BCUT2D eigenvalue weighted by Gasteiger charge is 2.30. The van der Waals surface area contributed by atoms with Crippen LogP contribution in [0.1, 0.15) is 25.3 Å². The maximum absolute atomic E-state index is 13.7. The molecule has 118 valence electrons. The highest BCUT2D eigenvalue weighted by Crippen LogP contribution is 2.29. The van der Waals surface area contributed by atoms with Gasteiger partial charge < -0.3 is 10.5 Å². The van der Waals surface area contributed by atoms with Gasteiger partial charge in [-0.15, -0.1) is 0 Å². The van der Waals surface area contributed by atoms with Crippen molar-refractivity contribution in [2.75, 3.05) is 19.8 Å². The Morgan fingerprint density at radius 2 is 2.05 bits per heavy atom. The molecule has 1 aromatic rings. The van der Waals surface area contributed by atoms with Crippen LogP contribution in [0.2, 0.25) is 0 Å². The highest BCUT2D eigenvalue weighted by molar-refractivity contribution is 7.89. The zero-order valence-electron chi connectivity index (χ0n) is 12.1. The molecule has 0 unspecified atom stereocenters. The molecular weight excluding hydrogens is 295 g/mol. The number of nitrogens with two attached hydrogens (primary N) is 1. The van der Waals surface area contributed by atoms with Crippen LogP contribution in [0.25, 0.3) is 0 Å². The number of rotatable bonds is 5. The third-order valence-corrected chi connectivity index (χ3v) is 5.44. The van der Waals surface area contributed by atoms with Gasteiger partial charge in [0, 0.05) is 31.9 Å².